The zero-order valence-corrected chi connectivity index (χ0v) is 60.0. The summed E-state index contributed by atoms with van der Waals surface area (Å²) in [5, 5.41) is 24.7. The summed E-state index contributed by atoms with van der Waals surface area (Å²) in [7, 11) is 1.34. The summed E-state index contributed by atoms with van der Waals surface area (Å²) in [5.41, 5.74) is 29.6. The van der Waals surface area contributed by atoms with E-state index >= 15 is 0 Å². The van der Waals surface area contributed by atoms with Crippen molar-refractivity contribution in [3.8, 4) is 22.1 Å². The second kappa shape index (κ2) is 26.3. The van der Waals surface area contributed by atoms with Crippen molar-refractivity contribution in [2.24, 2.45) is 52.7 Å². The maximum absolute atomic E-state index is 14.6. The number of carbonyl (C=O) groups is 1. The lowest BCUT2D eigenvalue weighted by Gasteiger charge is -2.25. The van der Waals surface area contributed by atoms with Crippen LogP contribution in [0.15, 0.2) is 71.9 Å². The molecule has 520 valence electrons. The van der Waals surface area contributed by atoms with E-state index in [2.05, 4.69) is 50.3 Å². The van der Waals surface area contributed by atoms with Crippen LogP contribution in [0.2, 0.25) is 0 Å². The summed E-state index contributed by atoms with van der Waals surface area (Å²) in [6, 6.07) is 10.6. The number of carbonyl (C=O) groups excluding carboxylic acids is 1. The van der Waals surface area contributed by atoms with Crippen molar-refractivity contribution in [2.75, 3.05) is 7.11 Å². The van der Waals surface area contributed by atoms with Crippen molar-refractivity contribution in [1.29, 1.82) is 0 Å². The highest BCUT2D eigenvalue weighted by atomic mass is 32.2. The summed E-state index contributed by atoms with van der Waals surface area (Å²) in [5.74, 6) is 3.58. The van der Waals surface area contributed by atoms with Crippen LogP contribution < -0.4 is 21.9 Å². The van der Waals surface area contributed by atoms with Crippen LogP contribution in [-0.2, 0) is 24.0 Å². The van der Waals surface area contributed by atoms with Gasteiger partial charge < -0.3 is 46.0 Å². The fourth-order valence-corrected chi connectivity index (χ4v) is 21.5. The molecule has 22 nitrogen and oxygen atoms in total. The molecule has 13 aromatic rings. The van der Waals surface area contributed by atoms with Crippen LogP contribution >= 0.6 is 57.5 Å². The maximum Gasteiger partial charge on any atom is 0.367 e. The van der Waals surface area contributed by atoms with E-state index in [0.29, 0.717) is 96.4 Å². The van der Waals surface area contributed by atoms with Crippen molar-refractivity contribution in [3.63, 3.8) is 0 Å². The Bertz CT molecular complexity index is 5410. The lowest BCUT2D eigenvalue weighted by Crippen LogP contribution is -2.29. The predicted molar refractivity (Wildman–Crippen MR) is 383 cm³/mol. The number of esters is 1. The quantitative estimate of drug-likeness (QED) is 0.0435. The van der Waals surface area contributed by atoms with Crippen molar-refractivity contribution in [1.82, 2.24) is 75.2 Å². The Hall–Kier alpha value is -8.10. The zero-order valence-electron chi connectivity index (χ0n) is 55.9. The van der Waals surface area contributed by atoms with Gasteiger partial charge in [-0.15, -0.1) is 38.0 Å². The number of nitrogens with zero attached hydrogens (tertiary/aromatic N) is 12. The minimum absolute atomic E-state index is 0.229. The van der Waals surface area contributed by atoms with Gasteiger partial charge in [-0.3, -0.25) is 0 Å². The number of nitrogens with one attached hydrogen (secondary N) is 3. The van der Waals surface area contributed by atoms with Gasteiger partial charge >= 0.3 is 17.2 Å². The number of hydrogen-bond acceptors (Lipinski definition) is 24. The highest BCUT2D eigenvalue weighted by molar-refractivity contribution is 8.01. The Morgan fingerprint density at radius 2 is 1.00 bits per heavy atom. The standard InChI is InChI=1S/C25H24FN7OS2.C24H24FN5O2S2.C22H23FN6OS/c1-3-11-5-14(26)8-16-19-21(15-6-13-4-12(15)7-17(13)27)30-25(31-22(19)29-20(11)16)36-18-9-28-24(35-18)23-33-32-10(2)34-23;1-3-10-5-13(25)8-15-18-20(14-6-12-4-11(14)7-16(12)26)29-24(30-21(18)28-19(10)15)34-17-9-27-22(33-17)23(31)32-2;1-3-10-5-13(23)8-15-17-19(14-6-12-4-11(14)7-16(12)24)26-21(27-20(17)25-18(10)15)30-22-29-28-9(2)31-22/h5,8-9,12-13,15,17H,3-4,6-7,27H2,1-2H3,(H,29,30,31);5,8-9,11-12,14,16H,3-4,6-7,26H2,1-2H3,(H,28,29,30);5,8,11-12,14,16H,3-4,6-7,24H2,1-2H3,(H,25,26,27)/t12-,13-,15?,17-;2*11-,12-,14?,16-/m111/s1. The van der Waals surface area contributed by atoms with Crippen LogP contribution in [0, 0.1) is 66.8 Å². The van der Waals surface area contributed by atoms with Gasteiger partial charge in [-0.2, -0.15) is 9.97 Å². The first kappa shape index (κ1) is 66.2. The Kier molecular flexibility index (Phi) is 17.2. The van der Waals surface area contributed by atoms with Gasteiger partial charge in [0.25, 0.3) is 5.89 Å². The maximum atomic E-state index is 14.6. The zero-order chi connectivity index (χ0) is 69.4. The minimum Gasteiger partial charge on any atom is -0.464 e. The van der Waals surface area contributed by atoms with Crippen LogP contribution in [0.5, 0.6) is 11.2 Å². The largest absolute Gasteiger partial charge is 0.464 e. The number of H-pyrrole nitrogens is 3. The third-order valence-corrected chi connectivity index (χ3v) is 26.5. The topological polar surface area (TPSA) is 329 Å². The molecule has 10 aromatic heterocycles. The molecule has 6 aliphatic rings. The molecular weight excluding hydrogens is 1390 g/mol. The minimum atomic E-state index is -0.461. The van der Waals surface area contributed by atoms with Crippen molar-refractivity contribution in [2.45, 2.75) is 166 Å². The molecule has 6 fully saturated rings. The van der Waals surface area contributed by atoms with E-state index in [0.717, 1.165) is 172 Å². The molecular formula is C71H71F3N18O4S5. The van der Waals surface area contributed by atoms with E-state index in [4.69, 9.17) is 56.0 Å². The average Bonchev–Trinajstić information content (AvgIpc) is 1.60. The third-order valence-electron chi connectivity index (χ3n) is 21.9. The molecule has 10 heterocycles. The van der Waals surface area contributed by atoms with Gasteiger partial charge in [0.05, 0.1) is 61.6 Å². The molecule has 3 unspecified atom stereocenters. The first-order chi connectivity index (χ1) is 48.9. The SMILES string of the molecule is CCc1cc(F)cc2c1[nH]c1nc(Oc3nnc(C)s3)nc(C3C[C@H]4C[C@@H]3C[C@H]4N)c12.CCc1cc(F)cc2c1[nH]c1nc(Sc3cnc(-c4nnc(C)o4)s3)nc(C3C[C@H]4C[C@@H]3C[C@H]4N)c12.CCc1cc(F)cc2c1[nH]c1nc(Sc3cnc(C(=O)OC)s3)nc(C3C[C@H]4C[C@@H]3C[C@H]4N)c12. The first-order valence-corrected chi connectivity index (χ1v) is 38.5. The van der Waals surface area contributed by atoms with Gasteiger partial charge in [-0.25, -0.2) is 47.9 Å². The van der Waals surface area contributed by atoms with Crippen LogP contribution in [0.1, 0.15) is 151 Å². The fraction of sp³-hybridized carbons (Fsp3) is 0.423. The molecule has 101 heavy (non-hydrogen) atoms. The molecule has 0 saturated heterocycles. The van der Waals surface area contributed by atoms with E-state index in [1.165, 1.54) is 64.6 Å². The summed E-state index contributed by atoms with van der Waals surface area (Å²) >= 11 is 6.90. The summed E-state index contributed by atoms with van der Waals surface area (Å²) in [6.45, 7) is 9.71. The van der Waals surface area contributed by atoms with Crippen molar-refractivity contribution in [3.05, 3.63) is 116 Å². The third kappa shape index (κ3) is 12.1. The number of hydrogen-bond donors (Lipinski definition) is 6. The van der Waals surface area contributed by atoms with E-state index in [1.807, 2.05) is 27.7 Å². The van der Waals surface area contributed by atoms with E-state index in [1.54, 1.807) is 55.7 Å². The number of fused-ring (bicyclic) bond motifs is 15. The molecule has 6 bridgehead atoms. The smallest absolute Gasteiger partial charge is 0.367 e. The summed E-state index contributed by atoms with van der Waals surface area (Å²) in [6.07, 6.45) is 15.0. The molecule has 3 aromatic carbocycles. The van der Waals surface area contributed by atoms with Gasteiger partial charge in [0.1, 0.15) is 39.4 Å². The number of thiazole rings is 2. The lowest BCUT2D eigenvalue weighted by atomic mass is 9.83. The molecule has 30 heteroatoms. The Morgan fingerprint density at radius 1 is 0.545 bits per heavy atom. The molecule has 0 amide bonds. The summed E-state index contributed by atoms with van der Waals surface area (Å²) < 4.78 is 61.5. The lowest BCUT2D eigenvalue weighted by molar-refractivity contribution is 0.0600. The fourth-order valence-electron chi connectivity index (χ4n) is 17.4. The predicted octanol–water partition coefficient (Wildman–Crippen LogP) is 15.3. The number of nitrogens with two attached hydrogens (primary N) is 3. The molecule has 0 aliphatic heterocycles. The van der Waals surface area contributed by atoms with Crippen LogP contribution in [0.25, 0.3) is 76.7 Å². The Morgan fingerprint density at radius 3 is 1.41 bits per heavy atom. The average molecular weight is 1460 g/mol. The number of aromatic amines is 3. The number of aryl methyl sites for hydroxylation is 5. The first-order valence-electron chi connectivity index (χ1n) is 34.4. The Balaban J connectivity index is 0.000000113. The second-order valence-electron chi connectivity index (χ2n) is 27.7. The molecule has 6 saturated carbocycles. The van der Waals surface area contributed by atoms with Crippen molar-refractivity contribution >= 4 is 129 Å². The molecule has 9 N–H and O–H groups in total. The van der Waals surface area contributed by atoms with Crippen LogP contribution in [-0.4, -0.2) is 106 Å². The van der Waals surface area contributed by atoms with E-state index < -0.39 is 5.97 Å². The van der Waals surface area contributed by atoms with Gasteiger partial charge in [0, 0.05) is 75.1 Å². The Labute approximate surface area is 596 Å². The number of benzene rings is 3. The highest BCUT2D eigenvalue weighted by Gasteiger charge is 2.49. The molecule has 19 rings (SSSR count). The normalized spacial score (nSPS) is 24.1. The van der Waals surface area contributed by atoms with Gasteiger partial charge in [0.2, 0.25) is 10.9 Å². The second-order valence-corrected chi connectivity index (χ2v) is 33.5. The number of ether oxygens (including phenoxy) is 2. The number of aromatic nitrogens is 15. The van der Waals surface area contributed by atoms with Gasteiger partial charge in [0.15, 0.2) is 15.3 Å². The number of methoxy groups -OCH3 is 1. The van der Waals surface area contributed by atoms with Crippen LogP contribution in [0.4, 0.5) is 13.2 Å². The van der Waals surface area contributed by atoms with Gasteiger partial charge in [-0.05, 0) is 196 Å². The molecule has 12 atom stereocenters. The molecule has 6 aliphatic carbocycles. The van der Waals surface area contributed by atoms with Crippen molar-refractivity contribution < 1.29 is 31.9 Å². The van der Waals surface area contributed by atoms with E-state index in [9.17, 15) is 18.0 Å². The highest BCUT2D eigenvalue weighted by Crippen LogP contribution is 2.57. The monoisotopic (exact) mass is 1460 g/mol. The van der Waals surface area contributed by atoms with E-state index in [-0.39, 0.29) is 53.4 Å². The van der Waals surface area contributed by atoms with Crippen LogP contribution in [0.3, 0.4) is 0 Å². The molecule has 0 spiro atoms. The molecule has 0 radical (unpaired) electrons. The van der Waals surface area contributed by atoms with Gasteiger partial charge in [-0.1, -0.05) is 37.2 Å². The summed E-state index contributed by atoms with van der Waals surface area (Å²) in [4.78, 5) is 60.1. The number of halogens is 3. The number of rotatable bonds is 14.